The molecule has 146 valence electrons. The van der Waals surface area contributed by atoms with Gasteiger partial charge in [-0.2, -0.15) is 4.31 Å². The van der Waals surface area contributed by atoms with Crippen LogP contribution in [0.25, 0.3) is 5.57 Å². The van der Waals surface area contributed by atoms with Gasteiger partial charge >= 0.3 is 0 Å². The van der Waals surface area contributed by atoms with Crippen LogP contribution in [0.4, 0.5) is 0 Å². The summed E-state index contributed by atoms with van der Waals surface area (Å²) in [6.45, 7) is 11.7. The molecule has 2 aromatic rings. The van der Waals surface area contributed by atoms with Crippen molar-refractivity contribution in [3.8, 4) is 0 Å². The van der Waals surface area contributed by atoms with E-state index in [4.69, 9.17) is 0 Å². The maximum absolute atomic E-state index is 13.2. The van der Waals surface area contributed by atoms with Crippen LogP contribution in [0.15, 0.2) is 77.2 Å². The van der Waals surface area contributed by atoms with Gasteiger partial charge < -0.3 is 0 Å². The van der Waals surface area contributed by atoms with Crippen molar-refractivity contribution < 1.29 is 8.42 Å². The average molecular weight is 394 g/mol. The van der Waals surface area contributed by atoms with Crippen LogP contribution in [0.3, 0.4) is 0 Å². The van der Waals surface area contributed by atoms with E-state index in [9.17, 15) is 8.42 Å². The second kappa shape index (κ2) is 7.02. The Hall–Kier alpha value is -2.17. The lowest BCUT2D eigenvalue weighted by molar-refractivity contribution is 0.468. The number of fused-ring (bicyclic) bond motifs is 1. The normalized spacial score (nSPS) is 22.3. The van der Waals surface area contributed by atoms with Crippen molar-refractivity contribution in [1.82, 2.24) is 4.31 Å². The van der Waals surface area contributed by atoms with Crippen LogP contribution in [-0.4, -0.2) is 25.8 Å². The lowest BCUT2D eigenvalue weighted by atomic mass is 9.64. The quantitative estimate of drug-likeness (QED) is 0.724. The third-order valence-corrected chi connectivity index (χ3v) is 7.95. The first-order chi connectivity index (χ1) is 13.3. The van der Waals surface area contributed by atoms with Gasteiger partial charge in [-0.25, -0.2) is 8.42 Å². The Bertz CT molecular complexity index is 1030. The standard InChI is InChI=1S/C24H27NO2S/c1-16(2)18(4)23-21-14-25(28(26,27)20-12-10-17(3)11-13-20)15-22(21)24(23)19-8-6-5-7-9-19/h5-13,16,21-22H,4,14-15H2,1-3H3. The maximum Gasteiger partial charge on any atom is 0.243 e. The fourth-order valence-electron chi connectivity index (χ4n) is 4.42. The summed E-state index contributed by atoms with van der Waals surface area (Å²) >= 11 is 0. The number of allylic oxidation sites excluding steroid dienone is 1. The van der Waals surface area contributed by atoms with E-state index in [1.54, 1.807) is 16.4 Å². The Balaban J connectivity index is 1.68. The van der Waals surface area contributed by atoms with Crippen LogP contribution in [0.2, 0.25) is 0 Å². The van der Waals surface area contributed by atoms with Gasteiger partial charge in [-0.15, -0.1) is 0 Å². The molecule has 1 fully saturated rings. The summed E-state index contributed by atoms with van der Waals surface area (Å²) in [6, 6.07) is 17.5. The zero-order chi connectivity index (χ0) is 20.1. The third kappa shape index (κ3) is 3.05. The average Bonchev–Trinajstić information content (AvgIpc) is 3.03. The molecule has 1 heterocycles. The van der Waals surface area contributed by atoms with Gasteiger partial charge in [0, 0.05) is 24.9 Å². The van der Waals surface area contributed by atoms with Crippen LogP contribution in [0.5, 0.6) is 0 Å². The molecule has 0 bridgehead atoms. The smallest absolute Gasteiger partial charge is 0.207 e. The largest absolute Gasteiger partial charge is 0.243 e. The van der Waals surface area contributed by atoms with E-state index in [0.29, 0.717) is 23.9 Å². The molecule has 0 radical (unpaired) electrons. The molecule has 4 heteroatoms. The Morgan fingerprint density at radius 3 is 2.21 bits per heavy atom. The zero-order valence-electron chi connectivity index (χ0n) is 16.7. The summed E-state index contributed by atoms with van der Waals surface area (Å²) in [7, 11) is -3.48. The van der Waals surface area contributed by atoms with Crippen molar-refractivity contribution in [1.29, 1.82) is 0 Å². The van der Waals surface area contributed by atoms with E-state index < -0.39 is 10.0 Å². The van der Waals surface area contributed by atoms with Crippen molar-refractivity contribution in [3.05, 3.63) is 83.4 Å². The molecular formula is C24H27NO2S. The lowest BCUT2D eigenvalue weighted by Gasteiger charge is -2.39. The first-order valence-corrected chi connectivity index (χ1v) is 11.3. The van der Waals surface area contributed by atoms with Crippen LogP contribution >= 0.6 is 0 Å². The number of hydrogen-bond acceptors (Lipinski definition) is 2. The second-order valence-electron chi connectivity index (χ2n) is 8.22. The van der Waals surface area contributed by atoms with Gasteiger partial charge in [0.25, 0.3) is 0 Å². The summed E-state index contributed by atoms with van der Waals surface area (Å²) in [5, 5.41) is 0. The molecule has 3 nitrogen and oxygen atoms in total. The van der Waals surface area contributed by atoms with E-state index >= 15 is 0 Å². The molecule has 1 aliphatic carbocycles. The molecule has 2 aliphatic rings. The van der Waals surface area contributed by atoms with Gasteiger partial charge in [0.2, 0.25) is 10.0 Å². The van der Waals surface area contributed by atoms with E-state index in [0.717, 1.165) is 11.1 Å². The van der Waals surface area contributed by atoms with E-state index in [-0.39, 0.29) is 11.8 Å². The molecule has 0 saturated carbocycles. The summed E-state index contributed by atoms with van der Waals surface area (Å²) in [4.78, 5) is 0.380. The topological polar surface area (TPSA) is 37.4 Å². The molecule has 0 spiro atoms. The molecule has 0 N–H and O–H groups in total. The number of rotatable bonds is 5. The van der Waals surface area contributed by atoms with Crippen LogP contribution in [0.1, 0.15) is 25.0 Å². The Labute approximate surface area is 168 Å². The predicted octanol–water partition coefficient (Wildman–Crippen LogP) is 4.91. The summed E-state index contributed by atoms with van der Waals surface area (Å²) in [6.07, 6.45) is 0. The van der Waals surface area contributed by atoms with Gasteiger partial charge in [-0.05, 0) is 47.3 Å². The van der Waals surface area contributed by atoms with Gasteiger partial charge in [0.15, 0.2) is 0 Å². The van der Waals surface area contributed by atoms with Crippen LogP contribution in [-0.2, 0) is 10.0 Å². The summed E-state index contributed by atoms with van der Waals surface area (Å²) in [5.74, 6) is 0.830. The van der Waals surface area contributed by atoms with E-state index in [1.807, 2.05) is 37.3 Å². The van der Waals surface area contributed by atoms with Gasteiger partial charge in [0.1, 0.15) is 0 Å². The van der Waals surface area contributed by atoms with Crippen molar-refractivity contribution in [2.75, 3.05) is 13.1 Å². The number of nitrogens with zero attached hydrogens (tertiary/aromatic N) is 1. The summed E-state index contributed by atoms with van der Waals surface area (Å²) in [5.41, 5.74) is 5.94. The molecule has 1 saturated heterocycles. The van der Waals surface area contributed by atoms with Gasteiger partial charge in [-0.3, -0.25) is 0 Å². The van der Waals surface area contributed by atoms with E-state index in [1.165, 1.54) is 16.7 Å². The molecule has 2 unspecified atom stereocenters. The van der Waals surface area contributed by atoms with Crippen molar-refractivity contribution in [3.63, 3.8) is 0 Å². The number of aryl methyl sites for hydroxylation is 1. The molecule has 0 amide bonds. The first kappa shape index (κ1) is 19.2. The highest BCUT2D eigenvalue weighted by Gasteiger charge is 2.50. The van der Waals surface area contributed by atoms with Crippen molar-refractivity contribution in [2.24, 2.45) is 17.8 Å². The molecule has 2 aromatic carbocycles. The second-order valence-corrected chi connectivity index (χ2v) is 10.2. The molecule has 0 aromatic heterocycles. The highest BCUT2D eigenvalue weighted by atomic mass is 32.2. The minimum absolute atomic E-state index is 0.241. The lowest BCUT2D eigenvalue weighted by Crippen LogP contribution is -2.30. The van der Waals surface area contributed by atoms with Crippen LogP contribution < -0.4 is 0 Å². The minimum Gasteiger partial charge on any atom is -0.207 e. The molecule has 1 aliphatic heterocycles. The minimum atomic E-state index is -3.48. The monoisotopic (exact) mass is 393 g/mol. The third-order valence-electron chi connectivity index (χ3n) is 6.10. The van der Waals surface area contributed by atoms with E-state index in [2.05, 4.69) is 32.6 Å². The summed E-state index contributed by atoms with van der Waals surface area (Å²) < 4.78 is 28.1. The number of benzene rings is 2. The fourth-order valence-corrected chi connectivity index (χ4v) is 5.91. The van der Waals surface area contributed by atoms with Crippen molar-refractivity contribution >= 4 is 15.6 Å². The maximum atomic E-state index is 13.2. The van der Waals surface area contributed by atoms with Crippen LogP contribution in [0, 0.1) is 24.7 Å². The SMILES string of the molecule is C=C(C1=C(c2ccccc2)C2CN(S(=O)(=O)c3ccc(C)cc3)CC12)C(C)C. The highest BCUT2D eigenvalue weighted by molar-refractivity contribution is 7.89. The number of hydrogen-bond donors (Lipinski definition) is 0. The molecule has 4 rings (SSSR count). The highest BCUT2D eigenvalue weighted by Crippen LogP contribution is 2.54. The van der Waals surface area contributed by atoms with Crippen molar-refractivity contribution in [2.45, 2.75) is 25.7 Å². The van der Waals surface area contributed by atoms with Gasteiger partial charge in [0.05, 0.1) is 4.90 Å². The predicted molar refractivity (Wildman–Crippen MR) is 114 cm³/mol. The zero-order valence-corrected chi connectivity index (χ0v) is 17.5. The Morgan fingerprint density at radius 2 is 1.61 bits per heavy atom. The molecular weight excluding hydrogens is 366 g/mol. The first-order valence-electron chi connectivity index (χ1n) is 9.86. The molecule has 2 atom stereocenters. The molecule has 28 heavy (non-hydrogen) atoms. The number of sulfonamides is 1. The van der Waals surface area contributed by atoms with Gasteiger partial charge in [-0.1, -0.05) is 68.5 Å². The Morgan fingerprint density at radius 1 is 1.00 bits per heavy atom. The Kier molecular flexibility index (Phi) is 4.80. The fraction of sp³-hybridized carbons (Fsp3) is 0.333.